The molecule has 0 bridgehead atoms. The second-order valence-electron chi connectivity index (χ2n) is 8.06. The molecule has 6 heteroatoms. The second-order valence-corrected chi connectivity index (χ2v) is 9.41. The van der Waals surface area contributed by atoms with Gasteiger partial charge in [-0.1, -0.05) is 42.8 Å². The van der Waals surface area contributed by atoms with Crippen molar-refractivity contribution in [2.45, 2.75) is 38.6 Å². The molecule has 0 saturated carbocycles. The van der Waals surface area contributed by atoms with Crippen LogP contribution in [0.2, 0.25) is 5.02 Å². The van der Waals surface area contributed by atoms with Gasteiger partial charge in [-0.05, 0) is 52.4 Å². The molecule has 4 nitrogen and oxygen atoms in total. The summed E-state index contributed by atoms with van der Waals surface area (Å²) in [5, 5.41) is 7.39. The smallest absolute Gasteiger partial charge is 0.223 e. The van der Waals surface area contributed by atoms with Crippen molar-refractivity contribution < 1.29 is 4.79 Å². The Balaban J connectivity index is 1.50. The van der Waals surface area contributed by atoms with Crippen LogP contribution < -0.4 is 5.32 Å². The number of Topliss-reactive ketones (excluding diaryl/α,β-unsaturated/α-hetero) is 1. The quantitative estimate of drug-likeness (QED) is 0.382. The van der Waals surface area contributed by atoms with Crippen molar-refractivity contribution in [3.05, 3.63) is 75.8 Å². The number of thiophene rings is 1. The Bertz CT molecular complexity index is 1280. The number of benzene rings is 2. The van der Waals surface area contributed by atoms with Crippen molar-refractivity contribution in [1.29, 1.82) is 0 Å². The molecule has 1 atom stereocenters. The summed E-state index contributed by atoms with van der Waals surface area (Å²) in [6.45, 7) is 2.79. The summed E-state index contributed by atoms with van der Waals surface area (Å²) in [6, 6.07) is 14.3. The summed E-state index contributed by atoms with van der Waals surface area (Å²) in [5.74, 6) is 1.11. The Morgan fingerprint density at radius 1 is 1.23 bits per heavy atom. The minimum atomic E-state index is 0.242. The van der Waals surface area contributed by atoms with E-state index < -0.39 is 0 Å². The average Bonchev–Trinajstić information content (AvgIpc) is 3.19. The van der Waals surface area contributed by atoms with Crippen LogP contribution in [0.15, 0.2) is 54.0 Å². The second kappa shape index (κ2) is 8.40. The Kier molecular flexibility index (Phi) is 5.47. The van der Waals surface area contributed by atoms with E-state index in [2.05, 4.69) is 40.8 Å². The number of fused-ring (bicyclic) bond motifs is 4. The van der Waals surface area contributed by atoms with Crippen molar-refractivity contribution in [2.24, 2.45) is 0 Å². The van der Waals surface area contributed by atoms with Crippen LogP contribution in [0.5, 0.6) is 0 Å². The van der Waals surface area contributed by atoms with E-state index >= 15 is 0 Å². The van der Waals surface area contributed by atoms with Gasteiger partial charge < -0.3 is 5.32 Å². The van der Waals surface area contributed by atoms with Crippen molar-refractivity contribution >= 4 is 44.8 Å². The van der Waals surface area contributed by atoms with Gasteiger partial charge in [0.15, 0.2) is 0 Å². The predicted molar refractivity (Wildman–Crippen MR) is 128 cm³/mol. The first-order chi connectivity index (χ1) is 15.1. The van der Waals surface area contributed by atoms with Gasteiger partial charge in [0.05, 0.1) is 5.69 Å². The molecule has 2 heterocycles. The Labute approximate surface area is 190 Å². The third kappa shape index (κ3) is 4.08. The predicted octanol–water partition coefficient (Wildman–Crippen LogP) is 6.63. The van der Waals surface area contributed by atoms with Crippen LogP contribution in [0.4, 0.5) is 5.95 Å². The lowest BCUT2D eigenvalue weighted by Gasteiger charge is -2.16. The lowest BCUT2D eigenvalue weighted by atomic mass is 9.91. The molecule has 2 aromatic heterocycles. The first kappa shape index (κ1) is 20.2. The highest BCUT2D eigenvalue weighted by molar-refractivity contribution is 7.17. The van der Waals surface area contributed by atoms with Gasteiger partial charge in [0.25, 0.3) is 0 Å². The highest BCUT2D eigenvalue weighted by Gasteiger charge is 2.21. The number of aromatic nitrogens is 2. The van der Waals surface area contributed by atoms with E-state index in [4.69, 9.17) is 16.6 Å². The topological polar surface area (TPSA) is 54.9 Å². The maximum absolute atomic E-state index is 12.5. The molecule has 5 rings (SSSR count). The van der Waals surface area contributed by atoms with Gasteiger partial charge in [-0.25, -0.2) is 9.97 Å². The lowest BCUT2D eigenvalue weighted by molar-refractivity contribution is -0.118. The number of rotatable bonds is 3. The number of carbonyl (C=O) groups excluding carboxylic acids is 1. The molecule has 4 aromatic rings. The fourth-order valence-electron chi connectivity index (χ4n) is 4.20. The van der Waals surface area contributed by atoms with E-state index in [1.165, 1.54) is 15.8 Å². The van der Waals surface area contributed by atoms with Crippen molar-refractivity contribution in [1.82, 2.24) is 9.97 Å². The number of nitrogens with one attached hydrogen (secondary N) is 1. The minimum absolute atomic E-state index is 0.242. The maximum Gasteiger partial charge on any atom is 0.223 e. The van der Waals surface area contributed by atoms with Crippen molar-refractivity contribution in [2.75, 3.05) is 5.32 Å². The largest absolute Gasteiger partial charge is 0.350 e. The Morgan fingerprint density at radius 3 is 3.00 bits per heavy atom. The highest BCUT2D eigenvalue weighted by Crippen LogP contribution is 2.35. The molecule has 0 fully saturated rings. The molecule has 31 heavy (non-hydrogen) atoms. The van der Waals surface area contributed by atoms with E-state index in [1.807, 2.05) is 24.3 Å². The summed E-state index contributed by atoms with van der Waals surface area (Å²) in [7, 11) is 0. The molecule has 1 unspecified atom stereocenters. The van der Waals surface area contributed by atoms with Crippen LogP contribution in [0.25, 0.3) is 21.3 Å². The molecule has 156 valence electrons. The van der Waals surface area contributed by atoms with E-state index in [1.54, 1.807) is 17.5 Å². The van der Waals surface area contributed by atoms with Gasteiger partial charge in [-0.3, -0.25) is 4.79 Å². The molecule has 0 spiro atoms. The SMILES string of the molecule is CC1CCC(=O)Cc2cnc(NCc3csc4ccc(Cl)cc34)nc2-c2ccccc21. The lowest BCUT2D eigenvalue weighted by Crippen LogP contribution is -2.08. The number of ketones is 1. The molecule has 1 aliphatic carbocycles. The molecular formula is C25H22ClN3OS. The summed E-state index contributed by atoms with van der Waals surface area (Å²) < 4.78 is 1.21. The van der Waals surface area contributed by atoms with Crippen LogP contribution in [-0.2, 0) is 17.8 Å². The zero-order valence-corrected chi connectivity index (χ0v) is 18.8. The first-order valence-electron chi connectivity index (χ1n) is 10.4. The average molecular weight is 448 g/mol. The van der Waals surface area contributed by atoms with Crippen molar-refractivity contribution in [3.8, 4) is 11.3 Å². The number of hydrogen-bond donors (Lipinski definition) is 1. The molecular weight excluding hydrogens is 426 g/mol. The Hall–Kier alpha value is -2.76. The fourth-order valence-corrected chi connectivity index (χ4v) is 5.31. The van der Waals surface area contributed by atoms with Gasteiger partial charge in [0.2, 0.25) is 5.95 Å². The third-order valence-electron chi connectivity index (χ3n) is 5.91. The zero-order valence-electron chi connectivity index (χ0n) is 17.2. The fraction of sp³-hybridized carbons (Fsp3) is 0.240. The number of hydrogen-bond acceptors (Lipinski definition) is 5. The number of halogens is 1. The highest BCUT2D eigenvalue weighted by atomic mass is 35.5. The van der Waals surface area contributed by atoms with Gasteiger partial charge in [-0.2, -0.15) is 0 Å². The molecule has 1 N–H and O–H groups in total. The molecule has 2 aromatic carbocycles. The van der Waals surface area contributed by atoms with Crippen LogP contribution in [0, 0.1) is 0 Å². The van der Waals surface area contributed by atoms with Crippen LogP contribution in [0.3, 0.4) is 0 Å². The summed E-state index contributed by atoms with van der Waals surface area (Å²) in [4.78, 5) is 21.9. The summed E-state index contributed by atoms with van der Waals surface area (Å²) in [5.41, 5.74) is 5.25. The standard InChI is InChI=1S/C25H22ClN3OS/c1-15-6-8-19(30)10-16-12-27-25(29-24(16)21-5-3-2-4-20(15)21)28-13-17-14-31-23-9-7-18(26)11-22(17)23/h2-5,7,9,11-12,14-15H,6,8,10,13H2,1H3,(H,27,28,29). The van der Waals surface area contributed by atoms with E-state index in [9.17, 15) is 4.79 Å². The molecule has 1 aliphatic rings. The summed E-state index contributed by atoms with van der Waals surface area (Å²) >= 11 is 7.89. The number of carbonyl (C=O) groups is 1. The van der Waals surface area contributed by atoms with E-state index in [-0.39, 0.29) is 5.78 Å². The molecule has 0 aliphatic heterocycles. The number of anilines is 1. The third-order valence-corrected chi connectivity index (χ3v) is 7.16. The summed E-state index contributed by atoms with van der Waals surface area (Å²) in [6.07, 6.45) is 3.63. The minimum Gasteiger partial charge on any atom is -0.350 e. The van der Waals surface area contributed by atoms with Gasteiger partial charge >= 0.3 is 0 Å². The maximum atomic E-state index is 12.5. The normalized spacial score (nSPS) is 16.2. The van der Waals surface area contributed by atoms with Gasteiger partial charge in [0.1, 0.15) is 5.78 Å². The van der Waals surface area contributed by atoms with Gasteiger partial charge in [0, 0.05) is 46.4 Å². The first-order valence-corrected chi connectivity index (χ1v) is 11.7. The van der Waals surface area contributed by atoms with Gasteiger partial charge in [-0.15, -0.1) is 11.3 Å². The van der Waals surface area contributed by atoms with Crippen LogP contribution in [0.1, 0.15) is 42.4 Å². The molecule has 0 saturated heterocycles. The van der Waals surface area contributed by atoms with Crippen molar-refractivity contribution in [3.63, 3.8) is 0 Å². The van der Waals surface area contributed by atoms with Crippen LogP contribution in [-0.4, -0.2) is 15.8 Å². The molecule has 0 amide bonds. The Morgan fingerprint density at radius 2 is 2.10 bits per heavy atom. The van der Waals surface area contributed by atoms with Crippen LogP contribution >= 0.6 is 22.9 Å². The number of nitrogens with zero attached hydrogens (tertiary/aromatic N) is 2. The molecule has 0 radical (unpaired) electrons. The zero-order chi connectivity index (χ0) is 21.4. The van der Waals surface area contributed by atoms with E-state index in [0.717, 1.165) is 33.7 Å². The monoisotopic (exact) mass is 447 g/mol. The van der Waals surface area contributed by atoms with E-state index in [0.29, 0.717) is 31.3 Å².